The van der Waals surface area contributed by atoms with E-state index in [0.717, 1.165) is 0 Å². The number of benzene rings is 2. The van der Waals surface area contributed by atoms with Gasteiger partial charge in [0, 0.05) is 11.1 Å². The van der Waals surface area contributed by atoms with E-state index >= 15 is 0 Å². The van der Waals surface area contributed by atoms with Crippen LogP contribution in [0.2, 0.25) is 0 Å². The average Bonchev–Trinajstić information content (AvgIpc) is 2.38. The van der Waals surface area contributed by atoms with Crippen molar-refractivity contribution in [1.29, 1.82) is 0 Å². The first-order chi connectivity index (χ1) is 9.34. The van der Waals surface area contributed by atoms with Crippen LogP contribution in [-0.4, -0.2) is 55.6 Å². The second kappa shape index (κ2) is 6.76. The molecule has 0 amide bonds. The molecule has 2 aromatic carbocycles. The van der Waals surface area contributed by atoms with Crippen molar-refractivity contribution in [3.8, 4) is 0 Å². The molecule has 0 aliphatic heterocycles. The third kappa shape index (κ3) is 3.75. The van der Waals surface area contributed by atoms with Gasteiger partial charge in [-0.25, -0.2) is 0 Å². The zero-order chi connectivity index (χ0) is 14.9. The van der Waals surface area contributed by atoms with Crippen LogP contribution in [0.1, 0.15) is 5.56 Å². The molecule has 6 nitrogen and oxygen atoms in total. The Morgan fingerprint density at radius 1 is 1.29 bits per heavy atom. The summed E-state index contributed by atoms with van der Waals surface area (Å²) in [6.07, 6.45) is -0.0117. The van der Waals surface area contributed by atoms with E-state index in [9.17, 15) is 17.8 Å². The number of hydrogen-bond acceptors (Lipinski definition) is 5. The Morgan fingerprint density at radius 3 is 2.52 bits per heavy atom. The summed E-state index contributed by atoms with van der Waals surface area (Å²) in [6, 6.07) is 7.50. The number of nitrogens with two attached hydrogens (primary N) is 1. The average molecular weight is 319 g/mol. The van der Waals surface area contributed by atoms with Crippen LogP contribution in [-0.2, 0) is 26.1 Å². The van der Waals surface area contributed by atoms with Gasteiger partial charge in [-0.3, -0.25) is 9.35 Å². The molecule has 0 atom stereocenters. The van der Waals surface area contributed by atoms with E-state index in [4.69, 9.17) is 5.73 Å². The van der Waals surface area contributed by atoms with Gasteiger partial charge in [-0.15, -0.1) is 0 Å². The van der Waals surface area contributed by atoms with Gasteiger partial charge in [-0.2, -0.15) is 8.42 Å². The molecular formula is C13H14NNaO5S. The minimum absolute atomic E-state index is 0. The predicted octanol–water partition coefficient (Wildman–Crippen LogP) is 0.736. The fourth-order valence-corrected chi connectivity index (χ4v) is 2.78. The van der Waals surface area contributed by atoms with Crippen molar-refractivity contribution in [3.05, 3.63) is 35.9 Å². The quantitative estimate of drug-likeness (QED) is 0.374. The molecule has 21 heavy (non-hydrogen) atoms. The maximum atomic E-state index is 11.4. The van der Waals surface area contributed by atoms with Crippen molar-refractivity contribution < 1.29 is 22.5 Å². The molecule has 0 aliphatic carbocycles. The topological polar surface area (TPSA) is 107 Å². The molecule has 0 saturated carbocycles. The number of methoxy groups -OCH3 is 1. The van der Waals surface area contributed by atoms with Crippen LogP contribution < -0.4 is 5.73 Å². The van der Waals surface area contributed by atoms with Crippen molar-refractivity contribution in [2.24, 2.45) is 0 Å². The van der Waals surface area contributed by atoms with Crippen molar-refractivity contribution in [2.45, 2.75) is 11.3 Å². The summed E-state index contributed by atoms with van der Waals surface area (Å²) in [5.74, 6) is -0.451. The van der Waals surface area contributed by atoms with E-state index in [1.165, 1.54) is 25.3 Å². The zero-order valence-corrected chi connectivity index (χ0v) is 11.5. The van der Waals surface area contributed by atoms with E-state index in [1.54, 1.807) is 12.1 Å². The van der Waals surface area contributed by atoms with Crippen LogP contribution in [0.25, 0.3) is 10.8 Å². The molecule has 0 aliphatic rings. The number of carbonyl (C=O) groups is 1. The maximum absolute atomic E-state index is 11.4. The van der Waals surface area contributed by atoms with Crippen LogP contribution in [0.3, 0.4) is 0 Å². The van der Waals surface area contributed by atoms with Gasteiger partial charge in [0.15, 0.2) is 0 Å². The van der Waals surface area contributed by atoms with E-state index < -0.39 is 16.1 Å². The molecular weight excluding hydrogens is 305 g/mol. The Hall–Kier alpha value is -1.12. The van der Waals surface area contributed by atoms with Gasteiger partial charge in [-0.05, 0) is 23.1 Å². The number of rotatable bonds is 3. The summed E-state index contributed by atoms with van der Waals surface area (Å²) in [7, 11) is -3.13. The minimum atomic E-state index is -4.40. The molecule has 0 radical (unpaired) electrons. The van der Waals surface area contributed by atoms with Gasteiger partial charge in [0.2, 0.25) is 0 Å². The molecule has 2 aromatic rings. The van der Waals surface area contributed by atoms with Crippen molar-refractivity contribution in [1.82, 2.24) is 0 Å². The van der Waals surface area contributed by atoms with E-state index in [1.807, 2.05) is 0 Å². The van der Waals surface area contributed by atoms with E-state index in [2.05, 4.69) is 4.74 Å². The van der Waals surface area contributed by atoms with Crippen LogP contribution in [0, 0.1) is 0 Å². The molecule has 108 valence electrons. The Bertz CT molecular complexity index is 788. The van der Waals surface area contributed by atoms with E-state index in [0.29, 0.717) is 10.9 Å². The second-order valence-electron chi connectivity index (χ2n) is 4.22. The van der Waals surface area contributed by atoms with Crippen LogP contribution >= 0.6 is 0 Å². The SMILES string of the molecule is COC(=O)Cc1ccc(S(=O)(=O)O)c2c(N)cccc12.[NaH]. The third-order valence-electron chi connectivity index (χ3n) is 2.97. The number of fused-ring (bicyclic) bond motifs is 1. The number of ether oxygens (including phenoxy) is 1. The molecule has 0 saturated heterocycles. The first-order valence-electron chi connectivity index (χ1n) is 5.69. The fourth-order valence-electron chi connectivity index (χ4n) is 2.06. The summed E-state index contributed by atoms with van der Waals surface area (Å²) >= 11 is 0. The summed E-state index contributed by atoms with van der Waals surface area (Å²) in [5, 5.41) is 0.696. The van der Waals surface area contributed by atoms with Crippen LogP contribution in [0.15, 0.2) is 35.2 Å². The first-order valence-corrected chi connectivity index (χ1v) is 7.13. The van der Waals surface area contributed by atoms with Crippen LogP contribution in [0.4, 0.5) is 5.69 Å². The Kier molecular flexibility index (Phi) is 5.77. The standard InChI is InChI=1S/C13H13NO5S.Na.H/c1-19-12(15)7-8-5-6-11(20(16,17)18)13-9(8)3-2-4-10(13)14;;/h2-6H,7,14H2,1H3,(H,16,17,18);;. The zero-order valence-electron chi connectivity index (χ0n) is 10.7. The molecule has 0 heterocycles. The van der Waals surface area contributed by atoms with Gasteiger partial charge < -0.3 is 10.5 Å². The fraction of sp³-hybridized carbons (Fsp3) is 0.154. The van der Waals surface area contributed by atoms with Gasteiger partial charge in [-0.1, -0.05) is 18.2 Å². The number of anilines is 1. The Balaban J connectivity index is 0.00000220. The molecule has 0 unspecified atom stereocenters. The molecule has 3 N–H and O–H groups in total. The molecule has 0 aromatic heterocycles. The van der Waals surface area contributed by atoms with Gasteiger partial charge in [0.1, 0.15) is 4.90 Å². The number of esters is 1. The summed E-state index contributed by atoms with van der Waals surface area (Å²) in [5.41, 5.74) is 6.58. The van der Waals surface area contributed by atoms with Crippen molar-refractivity contribution in [2.75, 3.05) is 12.8 Å². The Morgan fingerprint density at radius 2 is 1.95 bits per heavy atom. The van der Waals surface area contributed by atoms with Gasteiger partial charge in [0.05, 0.1) is 13.5 Å². The molecule has 0 spiro atoms. The van der Waals surface area contributed by atoms with Crippen molar-refractivity contribution >= 4 is 62.1 Å². The second-order valence-corrected chi connectivity index (χ2v) is 5.61. The monoisotopic (exact) mass is 319 g/mol. The molecule has 2 rings (SSSR count). The molecule has 0 fully saturated rings. The summed E-state index contributed by atoms with van der Waals surface area (Å²) in [6.45, 7) is 0. The predicted molar refractivity (Wildman–Crippen MR) is 81.0 cm³/mol. The molecule has 0 bridgehead atoms. The third-order valence-corrected chi connectivity index (χ3v) is 3.86. The van der Waals surface area contributed by atoms with Crippen molar-refractivity contribution in [3.63, 3.8) is 0 Å². The number of nitrogen functional groups attached to an aromatic ring is 1. The first kappa shape index (κ1) is 17.9. The number of carbonyl (C=O) groups excluding carboxylic acids is 1. The normalized spacial score (nSPS) is 11.0. The molecule has 8 heteroatoms. The van der Waals surface area contributed by atoms with Crippen LogP contribution in [0.5, 0.6) is 0 Å². The van der Waals surface area contributed by atoms with E-state index in [-0.39, 0.29) is 51.9 Å². The Labute approximate surface area is 144 Å². The van der Waals surface area contributed by atoms with Gasteiger partial charge >= 0.3 is 35.5 Å². The van der Waals surface area contributed by atoms with Gasteiger partial charge in [0.25, 0.3) is 10.1 Å². The summed E-state index contributed by atoms with van der Waals surface area (Å²) < 4.78 is 36.6. The number of hydrogen-bond donors (Lipinski definition) is 2. The summed E-state index contributed by atoms with van der Waals surface area (Å²) in [4.78, 5) is 11.1.